The lowest BCUT2D eigenvalue weighted by Crippen LogP contribution is -2.31. The zero-order valence-corrected chi connectivity index (χ0v) is 16.3. The van der Waals surface area contributed by atoms with Crippen LogP contribution < -0.4 is 16.5 Å². The van der Waals surface area contributed by atoms with Crippen LogP contribution in [0, 0.1) is 18.2 Å². The number of hydrogen-bond donors (Lipinski definition) is 2. The van der Waals surface area contributed by atoms with Crippen molar-refractivity contribution in [2.45, 2.75) is 19.8 Å². The summed E-state index contributed by atoms with van der Waals surface area (Å²) in [5.74, 6) is -0.920. The largest absolute Gasteiger partial charge is 0.460 e. The minimum atomic E-state index is -0.531. The van der Waals surface area contributed by atoms with Crippen LogP contribution in [-0.4, -0.2) is 19.0 Å². The van der Waals surface area contributed by atoms with Gasteiger partial charge in [0.1, 0.15) is 17.2 Å². The second-order valence-electron chi connectivity index (χ2n) is 6.97. The summed E-state index contributed by atoms with van der Waals surface area (Å²) in [5, 5.41) is 3.12. The summed E-state index contributed by atoms with van der Waals surface area (Å²) in [4.78, 5) is 25.4. The van der Waals surface area contributed by atoms with Gasteiger partial charge in [0, 0.05) is 36.9 Å². The Morgan fingerprint density at radius 2 is 2.00 bits per heavy atom. The highest BCUT2D eigenvalue weighted by Gasteiger charge is 2.21. The van der Waals surface area contributed by atoms with E-state index in [0.29, 0.717) is 42.6 Å². The molecule has 1 amide bonds. The van der Waals surface area contributed by atoms with Gasteiger partial charge in [0.05, 0.1) is 5.39 Å². The topological polar surface area (TPSA) is 85.3 Å². The summed E-state index contributed by atoms with van der Waals surface area (Å²) in [6.07, 6.45) is 2.65. The Bertz CT molecular complexity index is 1050. The third-order valence-electron chi connectivity index (χ3n) is 4.70. The minimum absolute atomic E-state index is 0.161. The Labute approximate surface area is 168 Å². The molecule has 3 rings (SSSR count). The van der Waals surface area contributed by atoms with Crippen molar-refractivity contribution in [2.75, 3.05) is 13.1 Å². The van der Waals surface area contributed by atoms with Crippen LogP contribution in [0.4, 0.5) is 4.39 Å². The van der Waals surface area contributed by atoms with Crippen LogP contribution >= 0.6 is 0 Å². The molecule has 0 spiro atoms. The summed E-state index contributed by atoms with van der Waals surface area (Å²) in [6.45, 7) is 2.70. The van der Waals surface area contributed by atoms with E-state index in [4.69, 9.17) is 10.2 Å². The molecule has 0 fully saturated rings. The zero-order valence-electron chi connectivity index (χ0n) is 16.3. The molecule has 1 aromatic heterocycles. The number of nitrogens with one attached hydrogen (secondary N) is 1. The molecular weight excluding hydrogens is 371 g/mol. The van der Waals surface area contributed by atoms with Crippen LogP contribution in [0.15, 0.2) is 57.7 Å². The number of halogens is 1. The molecule has 0 aliphatic carbocycles. The fourth-order valence-electron chi connectivity index (χ4n) is 3.10. The normalized spacial score (nSPS) is 12.1. The molecule has 3 N–H and O–H groups in total. The van der Waals surface area contributed by atoms with Gasteiger partial charge in [-0.25, -0.2) is 4.39 Å². The molecular formula is C23H24FN2O3. The first-order valence-electron chi connectivity index (χ1n) is 9.61. The van der Waals surface area contributed by atoms with Crippen molar-refractivity contribution in [3.05, 3.63) is 87.9 Å². The Morgan fingerprint density at radius 3 is 2.72 bits per heavy atom. The number of benzene rings is 2. The monoisotopic (exact) mass is 395 g/mol. The molecule has 1 radical (unpaired) electrons. The van der Waals surface area contributed by atoms with Gasteiger partial charge in [-0.05, 0) is 30.7 Å². The van der Waals surface area contributed by atoms with Crippen molar-refractivity contribution in [3.63, 3.8) is 0 Å². The smallest absolute Gasteiger partial charge is 0.223 e. The number of amides is 1. The van der Waals surface area contributed by atoms with Crippen molar-refractivity contribution in [1.29, 1.82) is 0 Å². The van der Waals surface area contributed by atoms with Crippen LogP contribution in [0.1, 0.15) is 30.2 Å². The van der Waals surface area contributed by atoms with Gasteiger partial charge in [-0.15, -0.1) is 0 Å². The van der Waals surface area contributed by atoms with Crippen LogP contribution in [0.5, 0.6) is 0 Å². The zero-order chi connectivity index (χ0) is 20.8. The third kappa shape index (κ3) is 5.09. The van der Waals surface area contributed by atoms with Crippen LogP contribution in [0.2, 0.25) is 0 Å². The fraction of sp³-hybridized carbons (Fsp3) is 0.261. The van der Waals surface area contributed by atoms with Crippen molar-refractivity contribution in [3.8, 4) is 0 Å². The second kappa shape index (κ2) is 9.47. The molecule has 29 heavy (non-hydrogen) atoms. The molecule has 0 saturated heterocycles. The highest BCUT2D eigenvalue weighted by Crippen LogP contribution is 2.23. The number of nitrogens with two attached hydrogens (primary N) is 1. The maximum atomic E-state index is 13.7. The standard InChI is InChI=1S/C23H24FN2O3/c1-15(23(28)26-11-5-10-25)12-20-19(13-16-6-3-2-4-7-16)22(27)18-9-8-17(24)14-21(18)29-20/h2-4,6-9,12,14-15H,5,10-11,13,25H2,1H3,(H,26,28)/t15-/m1/s1. The predicted molar refractivity (Wildman–Crippen MR) is 111 cm³/mol. The van der Waals surface area contributed by atoms with E-state index in [1.165, 1.54) is 18.2 Å². The molecule has 0 aliphatic heterocycles. The number of carbonyl (C=O) groups excluding carboxylic acids is 1. The predicted octanol–water partition coefficient (Wildman–Crippen LogP) is 3.18. The van der Waals surface area contributed by atoms with E-state index in [-0.39, 0.29) is 16.9 Å². The van der Waals surface area contributed by atoms with Crippen LogP contribution in [0.25, 0.3) is 11.0 Å². The summed E-state index contributed by atoms with van der Waals surface area (Å²) in [7, 11) is 0. The fourth-order valence-corrected chi connectivity index (χ4v) is 3.10. The number of rotatable bonds is 8. The van der Waals surface area contributed by atoms with E-state index in [1.807, 2.05) is 30.3 Å². The summed E-state index contributed by atoms with van der Waals surface area (Å²) in [6, 6.07) is 13.4. The van der Waals surface area contributed by atoms with E-state index in [9.17, 15) is 14.0 Å². The molecule has 0 saturated carbocycles. The highest BCUT2D eigenvalue weighted by atomic mass is 19.1. The lowest BCUT2D eigenvalue weighted by molar-refractivity contribution is -0.123. The van der Waals surface area contributed by atoms with E-state index in [0.717, 1.165) is 5.56 Å². The molecule has 0 aliphatic rings. The van der Waals surface area contributed by atoms with Crippen molar-refractivity contribution >= 4 is 16.9 Å². The van der Waals surface area contributed by atoms with Crippen molar-refractivity contribution in [2.24, 2.45) is 11.7 Å². The maximum Gasteiger partial charge on any atom is 0.223 e. The Morgan fingerprint density at radius 1 is 1.24 bits per heavy atom. The SMILES string of the molecule is C[C@H]([CH]c1oc2cc(F)ccc2c(=O)c1Cc1ccccc1)C(=O)NCCCN. The van der Waals surface area contributed by atoms with Gasteiger partial charge in [0.15, 0.2) is 5.43 Å². The molecule has 151 valence electrons. The average Bonchev–Trinajstić information content (AvgIpc) is 2.71. The van der Waals surface area contributed by atoms with E-state index < -0.39 is 11.7 Å². The molecule has 3 aromatic rings. The molecule has 0 unspecified atom stereocenters. The van der Waals surface area contributed by atoms with Crippen molar-refractivity contribution < 1.29 is 13.6 Å². The van der Waals surface area contributed by atoms with E-state index >= 15 is 0 Å². The summed E-state index contributed by atoms with van der Waals surface area (Å²) in [5.41, 5.74) is 6.77. The lowest BCUT2D eigenvalue weighted by Gasteiger charge is -2.14. The first-order chi connectivity index (χ1) is 14.0. The second-order valence-corrected chi connectivity index (χ2v) is 6.97. The summed E-state index contributed by atoms with van der Waals surface area (Å²) >= 11 is 0. The lowest BCUT2D eigenvalue weighted by atomic mass is 9.96. The summed E-state index contributed by atoms with van der Waals surface area (Å²) < 4.78 is 19.5. The number of fused-ring (bicyclic) bond motifs is 1. The Balaban J connectivity index is 1.97. The third-order valence-corrected chi connectivity index (χ3v) is 4.70. The molecule has 6 heteroatoms. The van der Waals surface area contributed by atoms with Gasteiger partial charge in [0.2, 0.25) is 5.91 Å². The molecule has 1 heterocycles. The molecule has 1 atom stereocenters. The number of hydrogen-bond acceptors (Lipinski definition) is 4. The molecule has 0 bridgehead atoms. The van der Waals surface area contributed by atoms with Gasteiger partial charge in [-0.1, -0.05) is 37.3 Å². The number of carbonyl (C=O) groups is 1. The van der Waals surface area contributed by atoms with E-state index in [2.05, 4.69) is 5.32 Å². The highest BCUT2D eigenvalue weighted by molar-refractivity contribution is 5.81. The Kier molecular flexibility index (Phi) is 6.77. The van der Waals surface area contributed by atoms with Crippen LogP contribution in [0.3, 0.4) is 0 Å². The molecule has 2 aromatic carbocycles. The Hall–Kier alpha value is -2.99. The quantitative estimate of drug-likeness (QED) is 0.574. The maximum absolute atomic E-state index is 13.7. The first-order valence-corrected chi connectivity index (χ1v) is 9.61. The first kappa shape index (κ1) is 20.7. The van der Waals surface area contributed by atoms with Gasteiger partial charge in [-0.3, -0.25) is 9.59 Å². The van der Waals surface area contributed by atoms with Gasteiger partial charge in [-0.2, -0.15) is 0 Å². The van der Waals surface area contributed by atoms with E-state index in [1.54, 1.807) is 13.3 Å². The van der Waals surface area contributed by atoms with Crippen molar-refractivity contribution in [1.82, 2.24) is 5.32 Å². The van der Waals surface area contributed by atoms with Gasteiger partial charge < -0.3 is 15.5 Å². The minimum Gasteiger partial charge on any atom is -0.460 e. The van der Waals surface area contributed by atoms with Crippen LogP contribution in [-0.2, 0) is 11.2 Å². The van der Waals surface area contributed by atoms with Gasteiger partial charge >= 0.3 is 0 Å². The average molecular weight is 395 g/mol. The molecule has 5 nitrogen and oxygen atoms in total. The van der Waals surface area contributed by atoms with Gasteiger partial charge in [0.25, 0.3) is 0 Å².